The number of rotatable bonds is 6. The lowest BCUT2D eigenvalue weighted by Gasteiger charge is -2.15. The molecule has 0 saturated heterocycles. The summed E-state index contributed by atoms with van der Waals surface area (Å²) < 4.78 is 11.4. The fourth-order valence-electron chi connectivity index (χ4n) is 10.3. The molecule has 4 aromatic heterocycles. The summed E-state index contributed by atoms with van der Waals surface area (Å²) >= 11 is 1.87. The molecule has 0 N–H and O–H groups in total. The van der Waals surface area contributed by atoms with Crippen molar-refractivity contribution in [3.8, 4) is 61.8 Å². The Bertz CT molecular complexity index is 4290. The van der Waals surface area contributed by atoms with E-state index >= 15 is 0 Å². The summed E-state index contributed by atoms with van der Waals surface area (Å²) in [5.41, 5.74) is 13.6. The van der Waals surface area contributed by atoms with E-state index in [1.54, 1.807) is 0 Å². The van der Waals surface area contributed by atoms with Crippen LogP contribution < -0.4 is 0 Å². The van der Waals surface area contributed by atoms with Crippen LogP contribution in [0.1, 0.15) is 0 Å². The summed E-state index contributed by atoms with van der Waals surface area (Å²) in [4.78, 5) is 10.7. The normalized spacial score (nSPS) is 11.9. The van der Waals surface area contributed by atoms with Crippen LogP contribution in [0, 0.1) is 0 Å². The Balaban J connectivity index is 0.981. The zero-order chi connectivity index (χ0) is 44.0. The van der Waals surface area contributed by atoms with Gasteiger partial charge in [0.2, 0.25) is 0 Å². The van der Waals surface area contributed by atoms with Gasteiger partial charge in [0.15, 0.2) is 5.82 Å². The van der Waals surface area contributed by atoms with Gasteiger partial charge < -0.3 is 4.42 Å². The number of para-hydroxylation sites is 2. The van der Waals surface area contributed by atoms with Gasteiger partial charge >= 0.3 is 0 Å². The van der Waals surface area contributed by atoms with E-state index in [-0.39, 0.29) is 0 Å². The lowest BCUT2D eigenvalue weighted by Crippen LogP contribution is -2.03. The molecular weight excluding hydrogens is 835 g/mol. The number of thiophene rings is 1. The van der Waals surface area contributed by atoms with E-state index in [9.17, 15) is 0 Å². The Labute approximate surface area is 389 Å². The average molecular weight is 872 g/mol. The second-order valence-corrected chi connectivity index (χ2v) is 18.3. The Hall–Kier alpha value is -8.64. The van der Waals surface area contributed by atoms with E-state index < -0.39 is 0 Å². The smallest absolute Gasteiger partial charge is 0.162 e. The third kappa shape index (κ3) is 6.06. The number of aromatic nitrogens is 3. The molecule has 0 amide bonds. The van der Waals surface area contributed by atoms with Crippen molar-refractivity contribution in [3.63, 3.8) is 0 Å². The summed E-state index contributed by atoms with van der Waals surface area (Å²) in [6.45, 7) is 0. The van der Waals surface area contributed by atoms with Crippen LogP contribution in [0.15, 0.2) is 229 Å². The largest absolute Gasteiger partial charge is 0.456 e. The second kappa shape index (κ2) is 15.0. The van der Waals surface area contributed by atoms with E-state index in [2.05, 4.69) is 199 Å². The van der Waals surface area contributed by atoms with E-state index in [0.29, 0.717) is 5.82 Å². The van der Waals surface area contributed by atoms with Gasteiger partial charge in [0.25, 0.3) is 0 Å². The molecular formula is C62H37N3OS. The van der Waals surface area contributed by atoms with Gasteiger partial charge in [-0.15, -0.1) is 11.3 Å². The molecule has 0 aliphatic heterocycles. The molecule has 14 aromatic rings. The predicted molar refractivity (Wildman–Crippen MR) is 281 cm³/mol. The number of benzene rings is 10. The zero-order valence-corrected chi connectivity index (χ0v) is 36.8. The molecule has 0 spiro atoms. The highest BCUT2D eigenvalue weighted by atomic mass is 32.1. The van der Waals surface area contributed by atoms with Crippen LogP contribution in [0.4, 0.5) is 0 Å². The molecule has 0 bridgehead atoms. The molecule has 67 heavy (non-hydrogen) atoms. The average Bonchev–Trinajstić information content (AvgIpc) is 4.08. The molecule has 312 valence electrons. The Morgan fingerprint density at radius 3 is 1.88 bits per heavy atom. The third-order valence-corrected chi connectivity index (χ3v) is 14.6. The number of furan rings is 1. The number of hydrogen-bond acceptors (Lipinski definition) is 4. The van der Waals surface area contributed by atoms with Crippen LogP contribution >= 0.6 is 11.3 Å². The Morgan fingerprint density at radius 1 is 0.388 bits per heavy atom. The van der Waals surface area contributed by atoms with Gasteiger partial charge in [0.1, 0.15) is 17.0 Å². The van der Waals surface area contributed by atoms with Crippen molar-refractivity contribution in [1.29, 1.82) is 0 Å². The van der Waals surface area contributed by atoms with Gasteiger partial charge in [0, 0.05) is 64.5 Å². The lowest BCUT2D eigenvalue weighted by atomic mass is 9.95. The van der Waals surface area contributed by atoms with E-state index in [4.69, 9.17) is 14.4 Å². The first-order chi connectivity index (χ1) is 33.2. The summed E-state index contributed by atoms with van der Waals surface area (Å²) in [5.74, 6) is 1.44. The van der Waals surface area contributed by atoms with Crippen molar-refractivity contribution < 1.29 is 4.42 Å². The Morgan fingerprint density at radius 2 is 1.03 bits per heavy atom. The van der Waals surface area contributed by atoms with E-state index in [1.165, 1.54) is 58.4 Å². The second-order valence-electron chi connectivity index (χ2n) is 17.3. The minimum atomic E-state index is 0.652. The molecule has 0 fully saturated rings. The third-order valence-electron chi connectivity index (χ3n) is 13.4. The van der Waals surface area contributed by atoms with Gasteiger partial charge in [-0.2, -0.15) is 0 Å². The molecule has 5 heteroatoms. The highest BCUT2D eigenvalue weighted by Gasteiger charge is 2.22. The van der Waals surface area contributed by atoms with Crippen LogP contribution in [-0.2, 0) is 0 Å². The minimum Gasteiger partial charge on any atom is -0.456 e. The summed E-state index contributed by atoms with van der Waals surface area (Å²) in [7, 11) is 0. The van der Waals surface area contributed by atoms with Gasteiger partial charge in [-0.05, 0) is 81.1 Å². The van der Waals surface area contributed by atoms with E-state index in [1.807, 2.05) is 41.7 Å². The van der Waals surface area contributed by atoms with Crippen molar-refractivity contribution in [2.75, 3.05) is 0 Å². The quantitative estimate of drug-likeness (QED) is 0.167. The number of hydrogen-bond donors (Lipinski definition) is 0. The number of fused-ring (bicyclic) bond motifs is 11. The topological polar surface area (TPSA) is 43.9 Å². The van der Waals surface area contributed by atoms with Crippen molar-refractivity contribution in [2.24, 2.45) is 0 Å². The zero-order valence-electron chi connectivity index (χ0n) is 36.0. The van der Waals surface area contributed by atoms with Crippen LogP contribution in [0.5, 0.6) is 0 Å². The molecule has 4 nitrogen and oxygen atoms in total. The SMILES string of the molecule is c1ccc(-c2nc(-c3ccc4c(c3)oc3ccccc34)cc(-n3c4ccc5ccccc5c4c4cccc(-c5cccc(-c6cccc(-c7cccc8c7sc7ccccc78)c6)c5)c43)n2)cc1. The molecule has 0 unspecified atom stereocenters. The summed E-state index contributed by atoms with van der Waals surface area (Å²) in [5, 5.41) is 9.56. The molecule has 10 aromatic carbocycles. The van der Waals surface area contributed by atoms with Gasteiger partial charge in [-0.25, -0.2) is 9.97 Å². The molecule has 14 rings (SSSR count). The highest BCUT2D eigenvalue weighted by Crippen LogP contribution is 2.44. The van der Waals surface area contributed by atoms with Crippen molar-refractivity contribution in [1.82, 2.24) is 14.5 Å². The first kappa shape index (κ1) is 37.7. The van der Waals surface area contributed by atoms with Gasteiger partial charge in [0.05, 0.1) is 16.7 Å². The maximum Gasteiger partial charge on any atom is 0.162 e. The van der Waals surface area contributed by atoms with Crippen molar-refractivity contribution in [2.45, 2.75) is 0 Å². The molecule has 0 aliphatic carbocycles. The first-order valence-electron chi connectivity index (χ1n) is 22.6. The van der Waals surface area contributed by atoms with Crippen LogP contribution in [0.3, 0.4) is 0 Å². The molecule has 0 radical (unpaired) electrons. The van der Waals surface area contributed by atoms with Crippen LogP contribution in [-0.4, -0.2) is 14.5 Å². The molecule has 0 atom stereocenters. The summed E-state index contributed by atoms with van der Waals surface area (Å²) in [6, 6.07) is 80.4. The van der Waals surface area contributed by atoms with Crippen molar-refractivity contribution in [3.05, 3.63) is 224 Å². The number of nitrogens with zero attached hydrogens (tertiary/aromatic N) is 3. The first-order valence-corrected chi connectivity index (χ1v) is 23.4. The predicted octanol–water partition coefficient (Wildman–Crippen LogP) is 17.3. The van der Waals surface area contributed by atoms with Gasteiger partial charge in [-0.3, -0.25) is 4.57 Å². The van der Waals surface area contributed by atoms with E-state index in [0.717, 1.165) is 72.3 Å². The molecule has 0 aliphatic rings. The van der Waals surface area contributed by atoms with Crippen LogP contribution in [0.2, 0.25) is 0 Å². The summed E-state index contributed by atoms with van der Waals surface area (Å²) in [6.07, 6.45) is 0. The standard InChI is InChI=1S/C62H37N3OS/c1-2-15-39(16-3-1)62-63-53(44-30-32-49-48-22-6-8-28-55(48)66-56(49)36-44)37-58(64-62)65-54-33-31-38-14-4-5-21-45(38)59(54)52-27-12-24-46(60(52)65)42-19-10-17-40(34-42)41-18-11-20-43(35-41)47-25-13-26-51-50-23-7-9-29-57(50)67-61(47)51/h1-37H. The fourth-order valence-corrected chi connectivity index (χ4v) is 11.6. The minimum absolute atomic E-state index is 0.652. The maximum absolute atomic E-state index is 6.40. The molecule has 0 saturated carbocycles. The fraction of sp³-hybridized carbons (Fsp3) is 0. The monoisotopic (exact) mass is 871 g/mol. The Kier molecular flexibility index (Phi) is 8.42. The van der Waals surface area contributed by atoms with Crippen molar-refractivity contribution >= 4 is 86.0 Å². The lowest BCUT2D eigenvalue weighted by molar-refractivity contribution is 0.669. The maximum atomic E-state index is 6.40. The van der Waals surface area contributed by atoms with Gasteiger partial charge in [-0.1, -0.05) is 176 Å². The molecule has 4 heterocycles. The highest BCUT2D eigenvalue weighted by molar-refractivity contribution is 7.26. The van der Waals surface area contributed by atoms with Crippen LogP contribution in [0.25, 0.3) is 137 Å².